The van der Waals surface area contributed by atoms with E-state index in [1.807, 2.05) is 30.3 Å². The van der Waals surface area contributed by atoms with Crippen LogP contribution in [0.2, 0.25) is 0 Å². The highest BCUT2D eigenvalue weighted by molar-refractivity contribution is 5.50. The summed E-state index contributed by atoms with van der Waals surface area (Å²) in [5.41, 5.74) is 1.26. The molecule has 0 radical (unpaired) electrons. The van der Waals surface area contributed by atoms with E-state index < -0.39 is 4.92 Å². The van der Waals surface area contributed by atoms with Crippen molar-refractivity contribution in [3.05, 3.63) is 64.3 Å². The van der Waals surface area contributed by atoms with Crippen LogP contribution >= 0.6 is 0 Å². The molecule has 18 heavy (non-hydrogen) atoms. The maximum Gasteiger partial charge on any atom is 0.357 e. The van der Waals surface area contributed by atoms with Crippen molar-refractivity contribution in [1.82, 2.24) is 0 Å². The average molecular weight is 244 g/mol. The van der Waals surface area contributed by atoms with Crippen LogP contribution in [0, 0.1) is 10.1 Å². The quantitative estimate of drug-likeness (QED) is 0.646. The third-order valence-corrected chi connectivity index (χ3v) is 2.59. The topological polar surface area (TPSA) is 69.3 Å². The lowest BCUT2D eigenvalue weighted by atomic mass is 10.1. The monoisotopic (exact) mass is 244 g/mol. The second-order valence-corrected chi connectivity index (χ2v) is 3.85. The highest BCUT2D eigenvalue weighted by atomic mass is 16.6. The van der Waals surface area contributed by atoms with Gasteiger partial charge in [0.15, 0.2) is 0 Å². The van der Waals surface area contributed by atoms with E-state index in [4.69, 9.17) is 0 Å². The summed E-state index contributed by atoms with van der Waals surface area (Å²) in [5.74, 6) is 0.443. The standard InChI is InChI=1S/C13H13N3O2/c17-16(18)12-7-4-9-14-13(12)15-10-8-11-5-2-1-3-6-11/h1-7,9H,8,10H2,(H,14,15)/p+1. The molecule has 1 aromatic heterocycles. The summed E-state index contributed by atoms with van der Waals surface area (Å²) in [7, 11) is 0. The van der Waals surface area contributed by atoms with E-state index in [2.05, 4.69) is 10.3 Å². The van der Waals surface area contributed by atoms with Gasteiger partial charge in [0.05, 0.1) is 17.7 Å². The molecule has 0 amide bonds. The predicted octanol–water partition coefficient (Wildman–Crippen LogP) is 2.06. The zero-order valence-corrected chi connectivity index (χ0v) is 9.80. The number of hydrogen-bond donors (Lipinski definition) is 1. The van der Waals surface area contributed by atoms with Crippen LogP contribution in [-0.2, 0) is 6.42 Å². The molecular weight excluding hydrogens is 230 g/mol. The van der Waals surface area contributed by atoms with Crippen molar-refractivity contribution in [3.63, 3.8) is 0 Å². The minimum absolute atomic E-state index is 0.0607. The van der Waals surface area contributed by atoms with Crippen LogP contribution in [0.25, 0.3) is 0 Å². The number of hydrogen-bond acceptors (Lipinski definition) is 3. The fraction of sp³-hybridized carbons (Fsp3) is 0.154. The Hall–Kier alpha value is -2.43. The largest absolute Gasteiger partial charge is 0.357 e. The predicted molar refractivity (Wildman–Crippen MR) is 68.3 cm³/mol. The number of nitrogens with one attached hydrogen (secondary N) is 2. The molecule has 0 fully saturated rings. The Morgan fingerprint density at radius 3 is 2.67 bits per heavy atom. The van der Waals surface area contributed by atoms with Gasteiger partial charge in [-0.3, -0.25) is 15.4 Å². The first-order valence-corrected chi connectivity index (χ1v) is 5.70. The van der Waals surface area contributed by atoms with Gasteiger partial charge < -0.3 is 0 Å². The summed E-state index contributed by atoms with van der Waals surface area (Å²) >= 11 is 0. The van der Waals surface area contributed by atoms with Gasteiger partial charge in [-0.25, -0.2) is 4.98 Å². The maximum atomic E-state index is 10.8. The van der Waals surface area contributed by atoms with Gasteiger partial charge in [0, 0.05) is 12.5 Å². The molecule has 0 aliphatic rings. The highest BCUT2D eigenvalue weighted by Gasteiger charge is 2.18. The van der Waals surface area contributed by atoms with Crippen LogP contribution in [0.5, 0.6) is 0 Å². The third-order valence-electron chi connectivity index (χ3n) is 2.59. The molecule has 2 rings (SSSR count). The summed E-state index contributed by atoms with van der Waals surface area (Å²) in [4.78, 5) is 13.3. The van der Waals surface area contributed by atoms with Crippen molar-refractivity contribution >= 4 is 11.5 Å². The summed E-state index contributed by atoms with van der Waals surface area (Å²) in [6.45, 7) is 0.644. The summed E-state index contributed by atoms with van der Waals surface area (Å²) < 4.78 is 0. The molecule has 5 nitrogen and oxygen atoms in total. The molecular formula is C13H14N3O2+. The van der Waals surface area contributed by atoms with Gasteiger partial charge in [0.25, 0.3) is 0 Å². The van der Waals surface area contributed by atoms with E-state index in [1.165, 1.54) is 11.6 Å². The van der Waals surface area contributed by atoms with Gasteiger partial charge in [0.1, 0.15) is 0 Å². The molecule has 0 saturated heterocycles. The number of benzene rings is 1. The van der Waals surface area contributed by atoms with Crippen LogP contribution in [0.3, 0.4) is 0 Å². The van der Waals surface area contributed by atoms with Crippen molar-refractivity contribution < 1.29 is 9.91 Å². The van der Waals surface area contributed by atoms with Crippen molar-refractivity contribution in [1.29, 1.82) is 0 Å². The third kappa shape index (κ3) is 3.04. The number of H-pyrrole nitrogens is 1. The van der Waals surface area contributed by atoms with Crippen LogP contribution in [0.15, 0.2) is 48.7 Å². The first-order valence-electron chi connectivity index (χ1n) is 5.70. The Morgan fingerprint density at radius 1 is 1.17 bits per heavy atom. The number of nitro groups is 1. The van der Waals surface area contributed by atoms with Gasteiger partial charge in [0.2, 0.25) is 0 Å². The van der Waals surface area contributed by atoms with Crippen LogP contribution in [0.1, 0.15) is 5.56 Å². The molecule has 92 valence electrons. The van der Waals surface area contributed by atoms with Crippen molar-refractivity contribution in [2.24, 2.45) is 0 Å². The molecule has 1 aromatic carbocycles. The van der Waals surface area contributed by atoms with Gasteiger partial charge in [-0.05, 0) is 11.6 Å². The smallest absolute Gasteiger partial charge is 0.268 e. The molecule has 0 unspecified atom stereocenters. The Labute approximate surface area is 105 Å². The summed E-state index contributed by atoms with van der Waals surface area (Å²) in [6, 6.07) is 13.1. The molecule has 1 heterocycles. The first kappa shape index (κ1) is 12.0. The number of aromatic nitrogens is 1. The lowest BCUT2D eigenvalue weighted by Crippen LogP contribution is -2.16. The minimum Gasteiger partial charge on any atom is -0.268 e. The Morgan fingerprint density at radius 2 is 1.94 bits per heavy atom. The zero-order valence-electron chi connectivity index (χ0n) is 9.80. The van der Waals surface area contributed by atoms with Crippen molar-refractivity contribution in [3.8, 4) is 0 Å². The molecule has 0 spiro atoms. The minimum atomic E-state index is -0.401. The fourth-order valence-electron chi connectivity index (χ4n) is 1.70. The summed E-state index contributed by atoms with van der Waals surface area (Å²) in [6.07, 6.45) is 2.48. The van der Waals surface area contributed by atoms with E-state index in [9.17, 15) is 10.1 Å². The molecule has 0 saturated carbocycles. The van der Waals surface area contributed by atoms with Crippen molar-refractivity contribution in [2.75, 3.05) is 11.9 Å². The molecule has 0 aliphatic heterocycles. The molecule has 0 atom stereocenters. The number of aromatic amines is 1. The van der Waals surface area contributed by atoms with Crippen LogP contribution in [-0.4, -0.2) is 11.5 Å². The van der Waals surface area contributed by atoms with Gasteiger partial charge in [-0.15, -0.1) is 0 Å². The average Bonchev–Trinajstić information content (AvgIpc) is 2.40. The van der Waals surface area contributed by atoms with E-state index in [0.717, 1.165) is 6.42 Å². The molecule has 2 N–H and O–H groups in total. The molecule has 5 heteroatoms. The summed E-state index contributed by atoms with van der Waals surface area (Å²) in [5, 5.41) is 13.8. The maximum absolute atomic E-state index is 10.8. The normalized spacial score (nSPS) is 10.0. The van der Waals surface area contributed by atoms with E-state index >= 15 is 0 Å². The van der Waals surface area contributed by atoms with Crippen LogP contribution in [0.4, 0.5) is 11.5 Å². The zero-order chi connectivity index (χ0) is 12.8. The van der Waals surface area contributed by atoms with Gasteiger partial charge in [-0.2, -0.15) is 0 Å². The van der Waals surface area contributed by atoms with Gasteiger partial charge in [-0.1, -0.05) is 30.3 Å². The molecule has 0 bridgehead atoms. The SMILES string of the molecule is O=[N+]([O-])c1ccc[nH+]c1NCCc1ccccc1. The lowest BCUT2D eigenvalue weighted by Gasteiger charge is -2.00. The second kappa shape index (κ2) is 5.77. The number of rotatable bonds is 5. The molecule has 0 aliphatic carbocycles. The number of anilines is 1. The van der Waals surface area contributed by atoms with E-state index in [1.54, 1.807) is 12.3 Å². The van der Waals surface area contributed by atoms with E-state index in [0.29, 0.717) is 12.4 Å². The second-order valence-electron chi connectivity index (χ2n) is 3.85. The lowest BCUT2D eigenvalue weighted by molar-refractivity contribution is -0.409. The van der Waals surface area contributed by atoms with Gasteiger partial charge >= 0.3 is 11.5 Å². The Bertz CT molecular complexity index is 529. The molecule has 2 aromatic rings. The first-order chi connectivity index (χ1) is 8.77. The van der Waals surface area contributed by atoms with Crippen LogP contribution < -0.4 is 10.3 Å². The number of pyridine rings is 1. The highest BCUT2D eigenvalue weighted by Crippen LogP contribution is 2.17. The van der Waals surface area contributed by atoms with E-state index in [-0.39, 0.29) is 5.69 Å². The Kier molecular flexibility index (Phi) is 3.86. The fourth-order valence-corrected chi connectivity index (χ4v) is 1.70. The van der Waals surface area contributed by atoms with Crippen molar-refractivity contribution in [2.45, 2.75) is 6.42 Å². The number of nitrogens with zero attached hydrogens (tertiary/aromatic N) is 1. The Balaban J connectivity index is 1.97.